The second-order valence-electron chi connectivity index (χ2n) is 7.77. The molecule has 1 amide bonds. The number of rotatable bonds is 9. The van der Waals surface area contributed by atoms with Crippen LogP contribution in [0.15, 0.2) is 88.1 Å². The Kier molecular flexibility index (Phi) is 7.40. The van der Waals surface area contributed by atoms with Crippen LogP contribution in [-0.4, -0.2) is 24.0 Å². The maximum Gasteiger partial charge on any atom is 0.336 e. The second kappa shape index (κ2) is 11.0. The van der Waals surface area contributed by atoms with E-state index in [2.05, 4.69) is 5.32 Å². The van der Waals surface area contributed by atoms with Crippen molar-refractivity contribution in [1.29, 1.82) is 0 Å². The molecule has 0 fully saturated rings. The Morgan fingerprint density at radius 2 is 1.69 bits per heavy atom. The van der Waals surface area contributed by atoms with Gasteiger partial charge in [-0.05, 0) is 54.5 Å². The average Bonchev–Trinajstić information content (AvgIpc) is 2.86. The molecule has 1 heterocycles. The van der Waals surface area contributed by atoms with Gasteiger partial charge in [0.15, 0.2) is 0 Å². The zero-order valence-electron chi connectivity index (χ0n) is 19.3. The lowest BCUT2D eigenvalue weighted by molar-refractivity contribution is -0.383. The Bertz CT molecular complexity index is 1490. The summed E-state index contributed by atoms with van der Waals surface area (Å²) >= 11 is 0. The molecule has 1 aromatic heterocycles. The molecule has 3 aromatic carbocycles. The molecule has 4 aromatic rings. The van der Waals surface area contributed by atoms with Gasteiger partial charge in [-0.15, -0.1) is 0 Å². The van der Waals surface area contributed by atoms with Crippen LogP contribution >= 0.6 is 0 Å². The van der Waals surface area contributed by atoms with Crippen LogP contribution in [-0.2, 0) is 4.79 Å². The molecule has 0 unspecified atom stereocenters. The van der Waals surface area contributed by atoms with Crippen LogP contribution in [0.1, 0.15) is 11.1 Å². The molecule has 0 saturated heterocycles. The molecule has 36 heavy (non-hydrogen) atoms. The highest BCUT2D eigenvalue weighted by molar-refractivity contribution is 6.03. The number of nitro groups is 1. The van der Waals surface area contributed by atoms with Crippen molar-refractivity contribution in [3.05, 3.63) is 111 Å². The zero-order valence-corrected chi connectivity index (χ0v) is 19.3. The fourth-order valence-electron chi connectivity index (χ4n) is 3.47. The minimum atomic E-state index is -0.551. The van der Waals surface area contributed by atoms with Crippen molar-refractivity contribution in [1.82, 2.24) is 0 Å². The molecule has 0 bridgehead atoms. The summed E-state index contributed by atoms with van der Waals surface area (Å²) in [5, 5.41) is 14.4. The first-order chi connectivity index (χ1) is 17.4. The second-order valence-corrected chi connectivity index (χ2v) is 7.77. The third kappa shape index (κ3) is 6.15. The summed E-state index contributed by atoms with van der Waals surface area (Å²) in [7, 11) is 0. The predicted octanol–water partition coefficient (Wildman–Crippen LogP) is 5.12. The highest BCUT2D eigenvalue weighted by atomic mass is 16.6. The van der Waals surface area contributed by atoms with Crippen LogP contribution < -0.4 is 20.4 Å². The number of para-hydroxylation sites is 2. The molecule has 0 atom stereocenters. The number of anilines is 1. The predicted molar refractivity (Wildman–Crippen MR) is 135 cm³/mol. The van der Waals surface area contributed by atoms with Crippen LogP contribution in [0.25, 0.3) is 17.0 Å². The average molecular weight is 486 g/mol. The summed E-state index contributed by atoms with van der Waals surface area (Å²) in [6.45, 7) is 2.43. The molecule has 9 nitrogen and oxygen atoms in total. The monoisotopic (exact) mass is 486 g/mol. The van der Waals surface area contributed by atoms with E-state index in [1.165, 1.54) is 30.3 Å². The van der Waals surface area contributed by atoms with E-state index >= 15 is 0 Å². The fourth-order valence-corrected chi connectivity index (χ4v) is 3.47. The number of aryl methyl sites for hydroxylation is 1. The number of carbonyl (C=O) groups is 1. The van der Waals surface area contributed by atoms with Gasteiger partial charge in [-0.2, -0.15) is 0 Å². The number of nitrogens with zero attached hydrogens (tertiary/aromatic N) is 1. The Balaban J connectivity index is 1.26. The molecule has 0 saturated carbocycles. The third-order valence-electron chi connectivity index (χ3n) is 5.21. The van der Waals surface area contributed by atoms with Gasteiger partial charge in [-0.25, -0.2) is 4.79 Å². The van der Waals surface area contributed by atoms with Crippen molar-refractivity contribution in [3.63, 3.8) is 0 Å². The van der Waals surface area contributed by atoms with Gasteiger partial charge in [0, 0.05) is 29.7 Å². The molecule has 0 aliphatic carbocycles. The van der Waals surface area contributed by atoms with Gasteiger partial charge < -0.3 is 19.2 Å². The summed E-state index contributed by atoms with van der Waals surface area (Å²) in [5.41, 5.74) is 1.62. The minimum Gasteiger partial charge on any atom is -0.490 e. The van der Waals surface area contributed by atoms with Gasteiger partial charge in [0.05, 0.1) is 4.92 Å². The molecule has 0 aliphatic heterocycles. The lowest BCUT2D eigenvalue weighted by Crippen LogP contribution is -2.09. The van der Waals surface area contributed by atoms with E-state index in [9.17, 15) is 19.7 Å². The van der Waals surface area contributed by atoms with E-state index < -0.39 is 16.5 Å². The molecular weight excluding hydrogens is 464 g/mol. The molecule has 182 valence electrons. The number of benzene rings is 3. The number of nitrogens with one attached hydrogen (secondary N) is 1. The summed E-state index contributed by atoms with van der Waals surface area (Å²) in [6, 6.07) is 19.8. The van der Waals surface area contributed by atoms with E-state index in [4.69, 9.17) is 13.9 Å². The Morgan fingerprint density at radius 1 is 1.00 bits per heavy atom. The first kappa shape index (κ1) is 24.2. The molecule has 1 N–H and O–H groups in total. The number of hydrogen-bond acceptors (Lipinski definition) is 7. The number of fused-ring (bicyclic) bond motifs is 1. The van der Waals surface area contributed by atoms with Gasteiger partial charge in [-0.1, -0.05) is 24.3 Å². The van der Waals surface area contributed by atoms with Crippen molar-refractivity contribution in [2.24, 2.45) is 0 Å². The SMILES string of the molecule is Cc1cc(=O)oc2cc(OCCOc3ccc(/C=C/C(=O)Nc4ccccc4[N+](=O)[O-])cc3)ccc12. The van der Waals surface area contributed by atoms with Crippen molar-refractivity contribution < 1.29 is 23.6 Å². The Labute approximate surface area is 205 Å². The molecule has 9 heteroatoms. The molecule has 0 aliphatic rings. The topological polar surface area (TPSA) is 121 Å². The van der Waals surface area contributed by atoms with Gasteiger partial charge in [0.25, 0.3) is 5.69 Å². The molecule has 0 radical (unpaired) electrons. The van der Waals surface area contributed by atoms with Gasteiger partial charge >= 0.3 is 5.63 Å². The smallest absolute Gasteiger partial charge is 0.336 e. The lowest BCUT2D eigenvalue weighted by Gasteiger charge is -2.09. The van der Waals surface area contributed by atoms with Gasteiger partial charge in [0.2, 0.25) is 5.91 Å². The van der Waals surface area contributed by atoms with E-state index in [1.807, 2.05) is 19.1 Å². The van der Waals surface area contributed by atoms with Crippen molar-refractivity contribution in [3.8, 4) is 11.5 Å². The van der Waals surface area contributed by atoms with Crippen molar-refractivity contribution in [2.75, 3.05) is 18.5 Å². The Morgan fingerprint density at radius 3 is 2.44 bits per heavy atom. The number of amides is 1. The number of ether oxygens (including phenoxy) is 2. The van der Waals surface area contributed by atoms with Gasteiger partial charge in [0.1, 0.15) is 36.0 Å². The van der Waals surface area contributed by atoms with Crippen molar-refractivity contribution >= 4 is 34.3 Å². The molecule has 4 rings (SSSR count). The maximum atomic E-state index is 12.1. The van der Waals surface area contributed by atoms with Crippen LogP contribution in [0.4, 0.5) is 11.4 Å². The summed E-state index contributed by atoms with van der Waals surface area (Å²) in [4.78, 5) is 34.2. The zero-order chi connectivity index (χ0) is 25.5. The fraction of sp³-hybridized carbons (Fsp3) is 0.111. The number of hydrogen-bond donors (Lipinski definition) is 1. The van der Waals surface area contributed by atoms with Crippen LogP contribution in [0.2, 0.25) is 0 Å². The van der Waals surface area contributed by atoms with Crippen LogP contribution in [0.3, 0.4) is 0 Å². The number of carbonyl (C=O) groups excluding carboxylic acids is 1. The van der Waals surface area contributed by atoms with E-state index in [0.29, 0.717) is 23.7 Å². The van der Waals surface area contributed by atoms with Crippen LogP contribution in [0, 0.1) is 17.0 Å². The third-order valence-corrected chi connectivity index (χ3v) is 5.21. The normalized spacial score (nSPS) is 10.9. The Hall–Kier alpha value is -4.92. The first-order valence-corrected chi connectivity index (χ1v) is 11.0. The summed E-state index contributed by atoms with van der Waals surface area (Å²) in [5.74, 6) is 0.713. The highest BCUT2D eigenvalue weighted by Gasteiger charge is 2.13. The molecule has 0 spiro atoms. The summed E-state index contributed by atoms with van der Waals surface area (Å²) < 4.78 is 16.6. The number of nitro benzene ring substituents is 1. The highest BCUT2D eigenvalue weighted by Crippen LogP contribution is 2.24. The van der Waals surface area contributed by atoms with Gasteiger partial charge in [-0.3, -0.25) is 14.9 Å². The first-order valence-electron chi connectivity index (χ1n) is 11.0. The van der Waals surface area contributed by atoms with Crippen molar-refractivity contribution in [2.45, 2.75) is 6.92 Å². The largest absolute Gasteiger partial charge is 0.490 e. The summed E-state index contributed by atoms with van der Waals surface area (Å²) in [6.07, 6.45) is 2.89. The standard InChI is InChI=1S/C27H22N2O7/c1-18-16-27(31)36-25-17-21(11-12-22(18)25)35-15-14-34-20-9-6-19(7-10-20)8-13-26(30)28-23-4-2-3-5-24(23)29(32)33/h2-13,16-17H,14-15H2,1H3,(H,28,30)/b13-8+. The van der Waals surface area contributed by atoms with E-state index in [0.717, 1.165) is 16.5 Å². The molecular formula is C27H22N2O7. The quantitative estimate of drug-likeness (QED) is 0.115. The van der Waals surface area contributed by atoms with Crippen LogP contribution in [0.5, 0.6) is 11.5 Å². The minimum absolute atomic E-state index is 0.131. The van der Waals surface area contributed by atoms with E-state index in [1.54, 1.807) is 42.5 Å². The lowest BCUT2D eigenvalue weighted by atomic mass is 10.1. The van der Waals surface area contributed by atoms with E-state index in [-0.39, 0.29) is 18.0 Å². The maximum absolute atomic E-state index is 12.1.